The number of aryl methyl sites for hydroxylation is 1. The second kappa shape index (κ2) is 5.54. The van der Waals surface area contributed by atoms with E-state index in [1.165, 1.54) is 0 Å². The summed E-state index contributed by atoms with van der Waals surface area (Å²) < 4.78 is 12.1. The SMILES string of the molecule is Cn1cc([C@@H]2CN(c3noc(-c4ccoc4)n3)C[C@H]2CO)cn1. The van der Waals surface area contributed by atoms with Crippen molar-refractivity contribution in [2.75, 3.05) is 24.6 Å². The van der Waals surface area contributed by atoms with Crippen molar-refractivity contribution in [2.24, 2.45) is 13.0 Å². The van der Waals surface area contributed by atoms with Crippen LogP contribution in [0.2, 0.25) is 0 Å². The molecule has 2 atom stereocenters. The molecule has 0 amide bonds. The summed E-state index contributed by atoms with van der Waals surface area (Å²) in [5.41, 5.74) is 1.87. The zero-order valence-corrected chi connectivity index (χ0v) is 12.7. The number of anilines is 1. The molecular formula is C15H17N5O3. The number of furan rings is 1. The molecule has 0 radical (unpaired) electrons. The zero-order chi connectivity index (χ0) is 15.8. The van der Waals surface area contributed by atoms with Gasteiger partial charge in [0, 0.05) is 44.8 Å². The lowest BCUT2D eigenvalue weighted by Crippen LogP contribution is -2.21. The van der Waals surface area contributed by atoms with Crippen LogP contribution in [0.25, 0.3) is 11.5 Å². The number of aromatic nitrogens is 4. The molecule has 8 heteroatoms. The standard InChI is InChI=1S/C15H17N5O3/c1-19-5-11(4-16-19)13-7-20(6-12(13)8-21)15-17-14(23-18-15)10-2-3-22-9-10/h2-5,9,12-13,21H,6-8H2,1H3/t12-,13-/m0/s1. The minimum absolute atomic E-state index is 0.114. The van der Waals surface area contributed by atoms with Crippen LogP contribution in [0.3, 0.4) is 0 Å². The fourth-order valence-corrected chi connectivity index (χ4v) is 3.08. The average Bonchev–Trinajstić information content (AvgIpc) is 3.31. The number of aliphatic hydroxyl groups excluding tert-OH is 1. The maximum Gasteiger partial charge on any atom is 0.266 e. The van der Waals surface area contributed by atoms with Gasteiger partial charge in [-0.05, 0) is 16.8 Å². The molecule has 1 aliphatic rings. The molecule has 0 spiro atoms. The number of hydrogen-bond acceptors (Lipinski definition) is 7. The molecule has 0 saturated carbocycles. The first-order valence-electron chi connectivity index (χ1n) is 7.45. The lowest BCUT2D eigenvalue weighted by Gasteiger charge is -2.13. The van der Waals surface area contributed by atoms with E-state index in [2.05, 4.69) is 15.2 Å². The number of nitrogens with zero attached hydrogens (tertiary/aromatic N) is 5. The molecule has 4 rings (SSSR count). The lowest BCUT2D eigenvalue weighted by molar-refractivity contribution is 0.227. The topological polar surface area (TPSA) is 93.4 Å². The third kappa shape index (κ3) is 2.50. The maximum absolute atomic E-state index is 9.69. The van der Waals surface area contributed by atoms with Crippen molar-refractivity contribution in [3.63, 3.8) is 0 Å². The Kier molecular flexibility index (Phi) is 3.38. The van der Waals surface area contributed by atoms with Gasteiger partial charge in [-0.1, -0.05) is 0 Å². The largest absolute Gasteiger partial charge is 0.472 e. The normalized spacial score (nSPS) is 21.2. The van der Waals surface area contributed by atoms with E-state index in [1.54, 1.807) is 23.3 Å². The second-order valence-corrected chi connectivity index (χ2v) is 5.81. The molecule has 0 aliphatic carbocycles. The predicted molar refractivity (Wildman–Crippen MR) is 80.7 cm³/mol. The Balaban J connectivity index is 1.56. The van der Waals surface area contributed by atoms with Crippen LogP contribution in [-0.2, 0) is 7.05 Å². The number of hydrogen-bond donors (Lipinski definition) is 1. The van der Waals surface area contributed by atoms with Crippen LogP contribution in [-0.4, -0.2) is 44.7 Å². The van der Waals surface area contributed by atoms with Gasteiger partial charge >= 0.3 is 0 Å². The summed E-state index contributed by atoms with van der Waals surface area (Å²) in [4.78, 5) is 6.46. The van der Waals surface area contributed by atoms with Gasteiger partial charge in [0.25, 0.3) is 11.8 Å². The van der Waals surface area contributed by atoms with Crippen LogP contribution in [0.5, 0.6) is 0 Å². The Hall–Kier alpha value is -2.61. The molecule has 1 aliphatic heterocycles. The highest BCUT2D eigenvalue weighted by Crippen LogP contribution is 2.34. The second-order valence-electron chi connectivity index (χ2n) is 5.81. The third-order valence-electron chi connectivity index (χ3n) is 4.29. The van der Waals surface area contributed by atoms with E-state index in [4.69, 9.17) is 8.94 Å². The summed E-state index contributed by atoms with van der Waals surface area (Å²) in [6.45, 7) is 1.52. The maximum atomic E-state index is 9.69. The fraction of sp³-hybridized carbons (Fsp3) is 0.400. The van der Waals surface area contributed by atoms with Crippen molar-refractivity contribution in [3.8, 4) is 11.5 Å². The molecule has 1 N–H and O–H groups in total. The highest BCUT2D eigenvalue weighted by Gasteiger charge is 2.36. The Morgan fingerprint density at radius 3 is 3.00 bits per heavy atom. The van der Waals surface area contributed by atoms with E-state index in [-0.39, 0.29) is 18.4 Å². The van der Waals surface area contributed by atoms with Crippen LogP contribution >= 0.6 is 0 Å². The number of aliphatic hydroxyl groups is 1. The molecule has 23 heavy (non-hydrogen) atoms. The van der Waals surface area contributed by atoms with Crippen molar-refractivity contribution in [1.29, 1.82) is 0 Å². The van der Waals surface area contributed by atoms with E-state index < -0.39 is 0 Å². The molecular weight excluding hydrogens is 298 g/mol. The number of rotatable bonds is 4. The Labute approximate surface area is 132 Å². The van der Waals surface area contributed by atoms with Crippen molar-refractivity contribution in [3.05, 3.63) is 36.5 Å². The zero-order valence-electron chi connectivity index (χ0n) is 12.7. The van der Waals surface area contributed by atoms with Crippen LogP contribution < -0.4 is 4.90 Å². The van der Waals surface area contributed by atoms with E-state index in [1.807, 2.05) is 24.3 Å². The summed E-state index contributed by atoms with van der Waals surface area (Å²) in [7, 11) is 1.89. The molecule has 120 valence electrons. The average molecular weight is 315 g/mol. The van der Waals surface area contributed by atoms with E-state index in [0.717, 1.165) is 17.7 Å². The van der Waals surface area contributed by atoms with Gasteiger partial charge in [0.15, 0.2) is 0 Å². The molecule has 0 unspecified atom stereocenters. The smallest absolute Gasteiger partial charge is 0.266 e. The van der Waals surface area contributed by atoms with Gasteiger partial charge < -0.3 is 18.9 Å². The minimum Gasteiger partial charge on any atom is -0.472 e. The Morgan fingerprint density at radius 2 is 2.30 bits per heavy atom. The quantitative estimate of drug-likeness (QED) is 0.775. The summed E-state index contributed by atoms with van der Waals surface area (Å²) >= 11 is 0. The molecule has 0 aromatic carbocycles. The summed E-state index contributed by atoms with van der Waals surface area (Å²) in [5.74, 6) is 1.28. The van der Waals surface area contributed by atoms with Crippen LogP contribution in [0.1, 0.15) is 11.5 Å². The van der Waals surface area contributed by atoms with E-state index in [9.17, 15) is 5.11 Å². The fourth-order valence-electron chi connectivity index (χ4n) is 3.08. The molecule has 3 aromatic rings. The van der Waals surface area contributed by atoms with Gasteiger partial charge in [0.05, 0.1) is 18.0 Å². The first-order chi connectivity index (χ1) is 11.2. The lowest BCUT2D eigenvalue weighted by atomic mass is 9.92. The predicted octanol–water partition coefficient (Wildman–Crippen LogP) is 1.28. The molecule has 3 aromatic heterocycles. The third-order valence-corrected chi connectivity index (χ3v) is 4.29. The van der Waals surface area contributed by atoms with Crippen molar-refractivity contribution < 1.29 is 14.0 Å². The molecule has 0 bridgehead atoms. The van der Waals surface area contributed by atoms with Gasteiger partial charge in [0.2, 0.25) is 0 Å². The van der Waals surface area contributed by atoms with Gasteiger partial charge in [-0.25, -0.2) is 0 Å². The summed E-state index contributed by atoms with van der Waals surface area (Å²) in [5, 5.41) is 18.0. The molecule has 8 nitrogen and oxygen atoms in total. The van der Waals surface area contributed by atoms with Gasteiger partial charge in [-0.3, -0.25) is 4.68 Å². The monoisotopic (exact) mass is 315 g/mol. The van der Waals surface area contributed by atoms with Crippen molar-refractivity contribution >= 4 is 5.95 Å². The van der Waals surface area contributed by atoms with Crippen LogP contribution in [0.4, 0.5) is 5.95 Å². The molecule has 1 fully saturated rings. The summed E-state index contributed by atoms with van der Waals surface area (Å²) in [6, 6.07) is 1.77. The van der Waals surface area contributed by atoms with Crippen LogP contribution in [0.15, 0.2) is 39.9 Å². The Morgan fingerprint density at radius 1 is 1.39 bits per heavy atom. The van der Waals surface area contributed by atoms with Crippen LogP contribution in [0, 0.1) is 5.92 Å². The van der Waals surface area contributed by atoms with Crippen molar-refractivity contribution in [2.45, 2.75) is 5.92 Å². The van der Waals surface area contributed by atoms with Gasteiger partial charge in [-0.15, -0.1) is 0 Å². The highest BCUT2D eigenvalue weighted by molar-refractivity contribution is 5.52. The Bertz CT molecular complexity index is 779. The molecule has 1 saturated heterocycles. The minimum atomic E-state index is 0.114. The van der Waals surface area contributed by atoms with Gasteiger partial charge in [0.1, 0.15) is 6.26 Å². The first kappa shape index (κ1) is 14.0. The highest BCUT2D eigenvalue weighted by atomic mass is 16.5. The van der Waals surface area contributed by atoms with E-state index in [0.29, 0.717) is 18.4 Å². The molecule has 4 heterocycles. The van der Waals surface area contributed by atoms with Gasteiger partial charge in [-0.2, -0.15) is 10.1 Å². The van der Waals surface area contributed by atoms with E-state index >= 15 is 0 Å². The van der Waals surface area contributed by atoms with Crippen molar-refractivity contribution in [1.82, 2.24) is 19.9 Å². The first-order valence-corrected chi connectivity index (χ1v) is 7.45. The summed E-state index contributed by atoms with van der Waals surface area (Å²) in [6.07, 6.45) is 6.97.